The molecule has 0 spiro atoms. The minimum Gasteiger partial charge on any atom is -0.455 e. The van der Waals surface area contributed by atoms with Gasteiger partial charge in [0.1, 0.15) is 22.3 Å². The number of benzene rings is 4. The number of carbonyl (C=O) groups excluding carboxylic acids is 1. The number of hydrogen-bond donors (Lipinski definition) is 2. The van der Waals surface area contributed by atoms with E-state index in [4.69, 9.17) is 4.42 Å². The summed E-state index contributed by atoms with van der Waals surface area (Å²) in [6, 6.07) is 28.3. The number of carbonyl (C=O) groups is 1. The van der Waals surface area contributed by atoms with Gasteiger partial charge in [0.15, 0.2) is 0 Å². The lowest BCUT2D eigenvalue weighted by atomic mass is 9.96. The predicted molar refractivity (Wildman–Crippen MR) is 165 cm³/mol. The molecule has 0 aliphatic rings. The third kappa shape index (κ3) is 4.38. The second-order valence-corrected chi connectivity index (χ2v) is 11.3. The molecule has 6 rings (SSSR count). The Kier molecular flexibility index (Phi) is 6.52. The third-order valence-corrected chi connectivity index (χ3v) is 8.34. The summed E-state index contributed by atoms with van der Waals surface area (Å²) in [5.41, 5.74) is 8.75. The fraction of sp³-hybridized carbons (Fsp3) is 0.121. The van der Waals surface area contributed by atoms with Crippen LogP contribution in [0.1, 0.15) is 15.9 Å². The van der Waals surface area contributed by atoms with E-state index in [1.165, 1.54) is 0 Å². The van der Waals surface area contributed by atoms with E-state index in [1.54, 1.807) is 24.7 Å². The maximum Gasteiger partial charge on any atom is 0.255 e. The van der Waals surface area contributed by atoms with E-state index in [0.717, 1.165) is 50.0 Å². The first-order valence-electron chi connectivity index (χ1n) is 13.0. The molecule has 1 atom stereocenters. The fourth-order valence-corrected chi connectivity index (χ4v) is 5.59. The summed E-state index contributed by atoms with van der Waals surface area (Å²) in [7, 11) is 2.14. The summed E-state index contributed by atoms with van der Waals surface area (Å²) < 4.78 is 20.8. The van der Waals surface area contributed by atoms with Gasteiger partial charge in [-0.05, 0) is 36.2 Å². The van der Waals surface area contributed by atoms with Gasteiger partial charge in [0.25, 0.3) is 5.91 Å². The highest BCUT2D eigenvalue weighted by molar-refractivity contribution is 7.85. The Bertz CT molecular complexity index is 1900. The molecule has 0 radical (unpaired) electrons. The Hall–Kier alpha value is -4.62. The van der Waals surface area contributed by atoms with E-state index in [-0.39, 0.29) is 5.91 Å². The van der Waals surface area contributed by atoms with Gasteiger partial charge in [0.05, 0.1) is 11.3 Å². The molecule has 40 heavy (non-hydrogen) atoms. The summed E-state index contributed by atoms with van der Waals surface area (Å²) in [5, 5.41) is 4.55. The Balaban J connectivity index is 1.62. The molecular formula is C33H29N3O3S. The number of rotatable bonds is 6. The van der Waals surface area contributed by atoms with Crippen LogP contribution in [0.4, 0.5) is 5.69 Å². The summed E-state index contributed by atoms with van der Waals surface area (Å²) in [5.74, 6) is 0.276. The molecule has 2 heterocycles. The number of anilines is 1. The van der Waals surface area contributed by atoms with Gasteiger partial charge in [-0.1, -0.05) is 66.2 Å². The van der Waals surface area contributed by atoms with Gasteiger partial charge < -0.3 is 14.7 Å². The van der Waals surface area contributed by atoms with E-state index in [2.05, 4.69) is 34.6 Å². The first-order chi connectivity index (χ1) is 19.4. The molecule has 0 aliphatic carbocycles. The highest BCUT2D eigenvalue weighted by Crippen LogP contribution is 2.42. The second kappa shape index (κ2) is 10.2. The second-order valence-electron chi connectivity index (χ2n) is 9.87. The molecule has 2 N–H and O–H groups in total. The van der Waals surface area contributed by atoms with Crippen molar-refractivity contribution in [3.8, 4) is 33.6 Å². The van der Waals surface area contributed by atoms with Crippen molar-refractivity contribution in [1.82, 2.24) is 10.3 Å². The first kappa shape index (κ1) is 25.6. The van der Waals surface area contributed by atoms with Crippen LogP contribution in [0.3, 0.4) is 0 Å². The van der Waals surface area contributed by atoms with Gasteiger partial charge in [-0.25, -0.2) is 4.21 Å². The lowest BCUT2D eigenvalue weighted by Crippen LogP contribution is -2.20. The van der Waals surface area contributed by atoms with Crippen molar-refractivity contribution in [1.29, 1.82) is 0 Å². The molecule has 0 aliphatic heterocycles. The van der Waals surface area contributed by atoms with Crippen molar-refractivity contribution in [2.45, 2.75) is 6.92 Å². The number of furan rings is 1. The highest BCUT2D eigenvalue weighted by atomic mass is 32.2. The van der Waals surface area contributed by atoms with E-state index in [0.29, 0.717) is 22.3 Å². The Morgan fingerprint density at radius 3 is 2.30 bits per heavy atom. The third-order valence-electron chi connectivity index (χ3n) is 7.38. The number of aromatic amines is 1. The number of aromatic nitrogens is 1. The number of nitrogens with one attached hydrogen (secondary N) is 2. The van der Waals surface area contributed by atoms with Crippen LogP contribution < -0.4 is 9.62 Å². The molecule has 0 saturated carbocycles. The monoisotopic (exact) mass is 547 g/mol. The van der Waals surface area contributed by atoms with Gasteiger partial charge in [-0.2, -0.15) is 0 Å². The number of fused-ring (bicyclic) bond motifs is 2. The lowest BCUT2D eigenvalue weighted by molar-refractivity contribution is 0.0964. The zero-order chi connectivity index (χ0) is 28.0. The summed E-state index contributed by atoms with van der Waals surface area (Å²) >= 11 is 0. The molecule has 1 amide bonds. The average molecular weight is 548 g/mol. The fourth-order valence-electron chi connectivity index (χ4n) is 5.17. The van der Waals surface area contributed by atoms with Crippen molar-refractivity contribution < 1.29 is 13.4 Å². The van der Waals surface area contributed by atoms with Gasteiger partial charge in [0, 0.05) is 65.6 Å². The van der Waals surface area contributed by atoms with Crippen LogP contribution in [-0.4, -0.2) is 35.5 Å². The molecule has 6 aromatic rings. The predicted octanol–water partition coefficient (Wildman–Crippen LogP) is 7.31. The van der Waals surface area contributed by atoms with E-state index >= 15 is 0 Å². The molecular weight excluding hydrogens is 518 g/mol. The maximum atomic E-state index is 13.2. The number of nitrogens with zero attached hydrogens (tertiary/aromatic N) is 1. The molecule has 2 aromatic heterocycles. The number of hydrogen-bond acceptors (Lipinski definition) is 3. The summed E-state index contributed by atoms with van der Waals surface area (Å²) in [4.78, 5) is 16.6. The molecule has 6 nitrogen and oxygen atoms in total. The minimum absolute atomic E-state index is 0.229. The van der Waals surface area contributed by atoms with E-state index in [9.17, 15) is 9.00 Å². The van der Waals surface area contributed by atoms with Crippen molar-refractivity contribution in [3.63, 3.8) is 0 Å². The van der Waals surface area contributed by atoms with E-state index < -0.39 is 11.0 Å². The summed E-state index contributed by atoms with van der Waals surface area (Å²) in [6.07, 6.45) is 3.67. The van der Waals surface area contributed by atoms with Gasteiger partial charge in [-0.3, -0.25) is 9.10 Å². The van der Waals surface area contributed by atoms with Crippen LogP contribution in [0.5, 0.6) is 0 Å². The van der Waals surface area contributed by atoms with Crippen molar-refractivity contribution >= 4 is 44.5 Å². The van der Waals surface area contributed by atoms with Gasteiger partial charge in [0.2, 0.25) is 0 Å². The van der Waals surface area contributed by atoms with Crippen molar-refractivity contribution in [3.05, 3.63) is 102 Å². The number of H-pyrrole nitrogens is 1. The molecule has 200 valence electrons. The lowest BCUT2D eigenvalue weighted by Gasteiger charge is -2.20. The van der Waals surface area contributed by atoms with Gasteiger partial charge >= 0.3 is 0 Å². The largest absolute Gasteiger partial charge is 0.455 e. The first-order valence-corrected chi connectivity index (χ1v) is 14.5. The topological polar surface area (TPSA) is 78.3 Å². The molecule has 0 fully saturated rings. The zero-order valence-electron chi connectivity index (χ0n) is 22.7. The quantitative estimate of drug-likeness (QED) is 0.229. The number of amides is 1. The normalized spacial score (nSPS) is 12.1. The summed E-state index contributed by atoms with van der Waals surface area (Å²) in [6.45, 7) is 2.02. The van der Waals surface area contributed by atoms with Crippen molar-refractivity contribution in [2.24, 2.45) is 0 Å². The molecule has 1 unspecified atom stereocenters. The maximum absolute atomic E-state index is 13.2. The average Bonchev–Trinajstić information content (AvgIpc) is 3.57. The SMILES string of the molecule is CNC(=O)c1c(-c2ccc(C)cc2)oc2cc(N(C)S(C)=O)c(-c3ccc4[nH]cc(-c5ccccc5)c4c3)cc12. The van der Waals surface area contributed by atoms with Gasteiger partial charge in [-0.15, -0.1) is 0 Å². The Labute approximate surface area is 235 Å². The minimum atomic E-state index is -1.28. The zero-order valence-corrected chi connectivity index (χ0v) is 23.6. The molecule has 4 aromatic carbocycles. The number of aryl methyl sites for hydroxylation is 1. The van der Waals surface area contributed by atoms with Crippen LogP contribution in [0.15, 0.2) is 95.5 Å². The van der Waals surface area contributed by atoms with E-state index in [1.807, 2.05) is 73.8 Å². The van der Waals surface area contributed by atoms with Crippen LogP contribution in [0, 0.1) is 6.92 Å². The van der Waals surface area contributed by atoms with Crippen molar-refractivity contribution in [2.75, 3.05) is 24.7 Å². The molecule has 0 saturated heterocycles. The smallest absolute Gasteiger partial charge is 0.255 e. The Morgan fingerprint density at radius 1 is 0.875 bits per heavy atom. The standard InChI is InChI=1S/C33H29N3O3S/c1-20-10-12-22(13-11-20)32-31(33(37)34-2)26-17-24(29(18-30(26)39-32)36(3)40(4)38)23-14-15-28-25(16-23)27(19-35-28)21-8-6-5-7-9-21/h5-19,35H,1-4H3,(H,34,37). The Morgan fingerprint density at radius 2 is 1.60 bits per heavy atom. The van der Waals surface area contributed by atoms with Crippen LogP contribution >= 0.6 is 0 Å². The molecule has 0 bridgehead atoms. The van der Waals surface area contributed by atoms with Crippen LogP contribution in [0.25, 0.3) is 55.4 Å². The van der Waals surface area contributed by atoms with Crippen LogP contribution in [0.2, 0.25) is 0 Å². The molecule has 7 heteroatoms. The highest BCUT2D eigenvalue weighted by Gasteiger charge is 2.25. The van der Waals surface area contributed by atoms with Crippen LogP contribution in [-0.2, 0) is 11.0 Å².